The molecule has 1 aliphatic rings. The molecular formula is C18H16Br2N2O2. The molecule has 1 aliphatic heterocycles. The van der Waals surface area contributed by atoms with Crippen LogP contribution >= 0.6 is 31.9 Å². The molecule has 124 valence electrons. The molecule has 6 heteroatoms. The van der Waals surface area contributed by atoms with E-state index in [1.165, 1.54) is 10.0 Å². The molecule has 0 spiro atoms. The number of carbonyl (C=O) groups is 2. The van der Waals surface area contributed by atoms with E-state index < -0.39 is 0 Å². The number of hydrazine groups is 1. The number of hydrogen-bond donors (Lipinski definition) is 0. The van der Waals surface area contributed by atoms with E-state index in [9.17, 15) is 9.59 Å². The average Bonchev–Trinajstić information content (AvgIpc) is 2.63. The Morgan fingerprint density at radius 2 is 1.00 bits per heavy atom. The molecule has 1 fully saturated rings. The Labute approximate surface area is 157 Å². The van der Waals surface area contributed by atoms with Crippen LogP contribution in [0.25, 0.3) is 0 Å². The minimum atomic E-state index is -0.0780. The van der Waals surface area contributed by atoms with Gasteiger partial charge in [-0.05, 0) is 35.4 Å². The second-order valence-electron chi connectivity index (χ2n) is 5.51. The summed E-state index contributed by atoms with van der Waals surface area (Å²) >= 11 is 6.83. The molecular weight excluding hydrogens is 436 g/mol. The zero-order valence-corrected chi connectivity index (χ0v) is 16.1. The molecule has 2 aromatic rings. The first kappa shape index (κ1) is 17.2. The SMILES string of the molecule is O=C1CCC(=O)N(c2ccc(CBr)cc2)N1c1ccc(CBr)cc1. The smallest absolute Gasteiger partial charge is 0.246 e. The molecule has 0 atom stereocenters. The first-order chi connectivity index (χ1) is 11.6. The summed E-state index contributed by atoms with van der Waals surface area (Å²) in [6.45, 7) is 0. The second kappa shape index (κ2) is 7.49. The van der Waals surface area contributed by atoms with Crippen LogP contribution in [0, 0.1) is 0 Å². The Kier molecular flexibility index (Phi) is 5.36. The lowest BCUT2D eigenvalue weighted by Gasteiger charge is -2.38. The summed E-state index contributed by atoms with van der Waals surface area (Å²) < 4.78 is 0. The van der Waals surface area contributed by atoms with Gasteiger partial charge < -0.3 is 0 Å². The molecule has 0 N–H and O–H groups in total. The number of amides is 2. The maximum Gasteiger partial charge on any atom is 0.246 e. The van der Waals surface area contributed by atoms with Gasteiger partial charge in [-0.25, -0.2) is 10.0 Å². The van der Waals surface area contributed by atoms with Crippen LogP contribution in [0.2, 0.25) is 0 Å². The predicted octanol–water partition coefficient (Wildman–Crippen LogP) is 4.55. The Hall–Kier alpha value is -1.66. The Morgan fingerprint density at radius 3 is 1.29 bits per heavy atom. The zero-order valence-electron chi connectivity index (χ0n) is 12.9. The summed E-state index contributed by atoms with van der Waals surface area (Å²) in [5.74, 6) is -0.156. The van der Waals surface area contributed by atoms with Crippen molar-refractivity contribution >= 4 is 55.0 Å². The topological polar surface area (TPSA) is 40.6 Å². The highest BCUT2D eigenvalue weighted by atomic mass is 79.9. The summed E-state index contributed by atoms with van der Waals surface area (Å²) in [6, 6.07) is 15.3. The van der Waals surface area contributed by atoms with Crippen molar-refractivity contribution in [2.45, 2.75) is 23.5 Å². The molecule has 3 rings (SSSR count). The van der Waals surface area contributed by atoms with Crippen molar-refractivity contribution < 1.29 is 9.59 Å². The van der Waals surface area contributed by atoms with Gasteiger partial charge in [-0.2, -0.15) is 0 Å². The molecule has 0 aromatic heterocycles. The van der Waals surface area contributed by atoms with E-state index >= 15 is 0 Å². The number of anilines is 2. The first-order valence-electron chi connectivity index (χ1n) is 7.59. The fourth-order valence-corrected chi connectivity index (χ4v) is 3.37. The standard InChI is InChI=1S/C18H16Br2N2O2/c19-11-13-1-5-15(6-2-13)21-17(23)9-10-18(24)22(21)16-7-3-14(12-20)4-8-16/h1-8H,9-12H2. The summed E-state index contributed by atoms with van der Waals surface area (Å²) in [5, 5.41) is 4.45. The van der Waals surface area contributed by atoms with Gasteiger partial charge in [0.25, 0.3) is 0 Å². The van der Waals surface area contributed by atoms with E-state index in [1.54, 1.807) is 0 Å². The van der Waals surface area contributed by atoms with Gasteiger partial charge in [0.15, 0.2) is 0 Å². The van der Waals surface area contributed by atoms with Gasteiger partial charge in [0.05, 0.1) is 11.4 Å². The van der Waals surface area contributed by atoms with Crippen LogP contribution in [0.1, 0.15) is 24.0 Å². The third kappa shape index (κ3) is 3.39. The highest BCUT2D eigenvalue weighted by molar-refractivity contribution is 9.08. The molecule has 2 amide bonds. The van der Waals surface area contributed by atoms with Crippen LogP contribution in [0.4, 0.5) is 11.4 Å². The van der Waals surface area contributed by atoms with E-state index in [0.717, 1.165) is 21.8 Å². The largest absolute Gasteiger partial charge is 0.273 e. The van der Waals surface area contributed by atoms with Gasteiger partial charge in [-0.15, -0.1) is 0 Å². The van der Waals surface area contributed by atoms with Gasteiger partial charge in [0, 0.05) is 23.5 Å². The van der Waals surface area contributed by atoms with Crippen molar-refractivity contribution in [3.63, 3.8) is 0 Å². The minimum absolute atomic E-state index is 0.0780. The van der Waals surface area contributed by atoms with Crippen molar-refractivity contribution in [3.05, 3.63) is 59.7 Å². The molecule has 0 aliphatic carbocycles. The minimum Gasteiger partial charge on any atom is -0.273 e. The highest BCUT2D eigenvalue weighted by Crippen LogP contribution is 2.29. The lowest BCUT2D eigenvalue weighted by Crippen LogP contribution is -2.54. The number of alkyl halides is 2. The molecule has 0 saturated carbocycles. The third-order valence-electron chi connectivity index (χ3n) is 3.90. The average molecular weight is 452 g/mol. The number of hydrogen-bond acceptors (Lipinski definition) is 2. The van der Waals surface area contributed by atoms with E-state index in [4.69, 9.17) is 0 Å². The van der Waals surface area contributed by atoms with E-state index in [2.05, 4.69) is 31.9 Å². The van der Waals surface area contributed by atoms with Crippen LogP contribution < -0.4 is 10.0 Å². The van der Waals surface area contributed by atoms with Crippen LogP contribution in [-0.4, -0.2) is 11.8 Å². The van der Waals surface area contributed by atoms with Crippen LogP contribution in [0.3, 0.4) is 0 Å². The maximum absolute atomic E-state index is 12.5. The summed E-state index contributed by atoms with van der Waals surface area (Å²) in [5.41, 5.74) is 3.62. The summed E-state index contributed by atoms with van der Waals surface area (Å²) in [7, 11) is 0. The van der Waals surface area contributed by atoms with Gasteiger partial charge in [-0.3, -0.25) is 9.59 Å². The Bertz CT molecular complexity index is 679. The number of nitrogens with zero attached hydrogens (tertiary/aromatic N) is 2. The molecule has 2 aromatic carbocycles. The number of carbonyl (C=O) groups excluding carboxylic acids is 2. The number of rotatable bonds is 4. The van der Waals surface area contributed by atoms with E-state index in [-0.39, 0.29) is 24.7 Å². The quantitative estimate of drug-likeness (QED) is 0.639. The van der Waals surface area contributed by atoms with E-state index in [0.29, 0.717) is 11.4 Å². The second-order valence-corrected chi connectivity index (χ2v) is 6.63. The number of halogens is 2. The summed E-state index contributed by atoms with van der Waals surface area (Å²) in [6.07, 6.45) is 0.462. The molecule has 0 radical (unpaired) electrons. The third-order valence-corrected chi connectivity index (χ3v) is 5.19. The normalized spacial score (nSPS) is 15.1. The van der Waals surface area contributed by atoms with Gasteiger partial charge in [0.1, 0.15) is 0 Å². The fourth-order valence-electron chi connectivity index (χ4n) is 2.62. The molecule has 1 heterocycles. The molecule has 24 heavy (non-hydrogen) atoms. The molecule has 1 saturated heterocycles. The van der Waals surface area contributed by atoms with Crippen molar-refractivity contribution in [1.29, 1.82) is 0 Å². The Balaban J connectivity index is 2.00. The lowest BCUT2D eigenvalue weighted by atomic mass is 10.1. The fraction of sp³-hybridized carbons (Fsp3) is 0.222. The first-order valence-corrected chi connectivity index (χ1v) is 9.84. The molecule has 4 nitrogen and oxygen atoms in total. The van der Waals surface area contributed by atoms with Crippen LogP contribution in [-0.2, 0) is 20.2 Å². The lowest BCUT2D eigenvalue weighted by molar-refractivity contribution is -0.128. The maximum atomic E-state index is 12.5. The van der Waals surface area contributed by atoms with Crippen molar-refractivity contribution in [1.82, 2.24) is 0 Å². The van der Waals surface area contributed by atoms with Crippen molar-refractivity contribution in [2.75, 3.05) is 10.0 Å². The van der Waals surface area contributed by atoms with E-state index in [1.807, 2.05) is 48.5 Å². The number of benzene rings is 2. The predicted molar refractivity (Wildman–Crippen MR) is 102 cm³/mol. The Morgan fingerprint density at radius 1 is 0.667 bits per heavy atom. The van der Waals surface area contributed by atoms with Crippen LogP contribution in [0.15, 0.2) is 48.5 Å². The zero-order chi connectivity index (χ0) is 17.1. The monoisotopic (exact) mass is 450 g/mol. The highest BCUT2D eigenvalue weighted by Gasteiger charge is 2.33. The molecule has 0 unspecified atom stereocenters. The van der Waals surface area contributed by atoms with Crippen molar-refractivity contribution in [3.8, 4) is 0 Å². The van der Waals surface area contributed by atoms with Gasteiger partial charge in [0.2, 0.25) is 11.8 Å². The van der Waals surface area contributed by atoms with Crippen molar-refractivity contribution in [2.24, 2.45) is 0 Å². The van der Waals surface area contributed by atoms with Gasteiger partial charge in [-0.1, -0.05) is 56.1 Å². The van der Waals surface area contributed by atoms with Crippen LogP contribution in [0.5, 0.6) is 0 Å². The van der Waals surface area contributed by atoms with Gasteiger partial charge >= 0.3 is 0 Å². The molecule has 0 bridgehead atoms. The summed E-state index contributed by atoms with van der Waals surface area (Å²) in [4.78, 5) is 25.0.